The van der Waals surface area contributed by atoms with Crippen LogP contribution >= 0.6 is 0 Å². The average Bonchev–Trinajstić information content (AvgIpc) is 2.87. The summed E-state index contributed by atoms with van der Waals surface area (Å²) in [6.45, 7) is 4.18. The summed E-state index contributed by atoms with van der Waals surface area (Å²) in [5.41, 5.74) is 0. The zero-order chi connectivity index (χ0) is 17.9. The number of aliphatic hydroxyl groups is 1. The second kappa shape index (κ2) is 11.2. The normalized spacial score (nSPS) is 17.2. The Bertz CT molecular complexity index is 408. The molecule has 0 aromatic rings. The molecule has 6 nitrogen and oxygen atoms in total. The number of nitrogens with zero attached hydrogens (tertiary/aromatic N) is 1. The van der Waals surface area contributed by atoms with Crippen LogP contribution in [0.3, 0.4) is 0 Å². The van der Waals surface area contributed by atoms with E-state index in [2.05, 4.69) is 13.8 Å². The fraction of sp³-hybridized carbons (Fsp3) is 0.833. The molecule has 0 radical (unpaired) electrons. The minimum absolute atomic E-state index is 0.0756. The van der Waals surface area contributed by atoms with Crippen LogP contribution in [-0.4, -0.2) is 34.1 Å². The maximum absolute atomic E-state index is 12.4. The minimum Gasteiger partial charge on any atom is -0.392 e. The molecule has 6 heteroatoms. The molecule has 0 aliphatic carbocycles. The van der Waals surface area contributed by atoms with Gasteiger partial charge in [-0.2, -0.15) is 0 Å². The summed E-state index contributed by atoms with van der Waals surface area (Å²) in [5.74, 6) is -2.33. The molecule has 1 heterocycles. The van der Waals surface area contributed by atoms with Crippen molar-refractivity contribution in [3.63, 3.8) is 0 Å². The van der Waals surface area contributed by atoms with Crippen molar-refractivity contribution in [3.05, 3.63) is 0 Å². The van der Waals surface area contributed by atoms with Crippen LogP contribution in [0.1, 0.15) is 84.5 Å². The number of hydrogen-bond acceptors (Lipinski definition) is 5. The van der Waals surface area contributed by atoms with Gasteiger partial charge in [-0.25, -0.2) is 4.79 Å². The summed E-state index contributed by atoms with van der Waals surface area (Å²) < 4.78 is 0. The first-order chi connectivity index (χ1) is 11.5. The summed E-state index contributed by atoms with van der Waals surface area (Å²) >= 11 is 0. The lowest BCUT2D eigenvalue weighted by Crippen LogP contribution is -2.38. The predicted octanol–water partition coefficient (Wildman–Crippen LogP) is 3.12. The second-order valence-electron chi connectivity index (χ2n) is 6.51. The maximum atomic E-state index is 12.4. The van der Waals surface area contributed by atoms with Crippen molar-refractivity contribution in [2.75, 3.05) is 0 Å². The number of hydrogen-bond donors (Lipinski definition) is 1. The SMILES string of the molecule is CCCCCCC(O)C(CCCCC)C(=O)ON1C(=O)CCC1=O. The number of carbonyl (C=O) groups is 3. The van der Waals surface area contributed by atoms with E-state index in [0.717, 1.165) is 44.9 Å². The summed E-state index contributed by atoms with van der Waals surface area (Å²) in [6, 6.07) is 0. The number of carbonyl (C=O) groups excluding carboxylic acids is 3. The van der Waals surface area contributed by atoms with E-state index in [1.165, 1.54) is 0 Å². The lowest BCUT2D eigenvalue weighted by molar-refractivity contribution is -0.203. The van der Waals surface area contributed by atoms with Crippen molar-refractivity contribution in [3.8, 4) is 0 Å². The molecule has 24 heavy (non-hydrogen) atoms. The molecule has 1 rings (SSSR count). The zero-order valence-electron chi connectivity index (χ0n) is 15.0. The van der Waals surface area contributed by atoms with Crippen LogP contribution in [0.25, 0.3) is 0 Å². The highest BCUT2D eigenvalue weighted by Gasteiger charge is 2.36. The van der Waals surface area contributed by atoms with Crippen molar-refractivity contribution >= 4 is 17.8 Å². The van der Waals surface area contributed by atoms with Crippen LogP contribution in [0.15, 0.2) is 0 Å². The highest BCUT2D eigenvalue weighted by molar-refractivity contribution is 6.01. The van der Waals surface area contributed by atoms with Gasteiger partial charge in [0, 0.05) is 12.8 Å². The first kappa shape index (κ1) is 20.6. The molecule has 0 saturated carbocycles. The number of hydroxylamine groups is 2. The van der Waals surface area contributed by atoms with Crippen LogP contribution in [0.2, 0.25) is 0 Å². The van der Waals surface area contributed by atoms with Crippen LogP contribution in [0.4, 0.5) is 0 Å². The van der Waals surface area contributed by atoms with Gasteiger partial charge in [0.1, 0.15) is 0 Å². The van der Waals surface area contributed by atoms with Gasteiger partial charge in [-0.15, -0.1) is 5.06 Å². The molecule has 0 aromatic carbocycles. The van der Waals surface area contributed by atoms with Gasteiger partial charge in [-0.05, 0) is 12.8 Å². The molecule has 1 aliphatic heterocycles. The van der Waals surface area contributed by atoms with Crippen LogP contribution in [0, 0.1) is 5.92 Å². The molecular formula is C18H31NO5. The number of rotatable bonds is 12. The third-order valence-corrected chi connectivity index (χ3v) is 4.43. The molecule has 0 aromatic heterocycles. The van der Waals surface area contributed by atoms with Crippen molar-refractivity contribution in [1.82, 2.24) is 5.06 Å². The van der Waals surface area contributed by atoms with E-state index in [-0.39, 0.29) is 12.8 Å². The summed E-state index contributed by atoms with van der Waals surface area (Å²) in [6.07, 6.45) is 7.28. The number of amides is 2. The third kappa shape index (κ3) is 6.59. The van der Waals surface area contributed by atoms with E-state index in [0.29, 0.717) is 17.9 Å². The van der Waals surface area contributed by atoms with E-state index in [1.807, 2.05) is 0 Å². The summed E-state index contributed by atoms with van der Waals surface area (Å²) in [7, 11) is 0. The Morgan fingerprint density at radius 3 is 2.12 bits per heavy atom. The van der Waals surface area contributed by atoms with Crippen LogP contribution in [-0.2, 0) is 19.2 Å². The van der Waals surface area contributed by atoms with Crippen LogP contribution < -0.4 is 0 Å². The second-order valence-corrected chi connectivity index (χ2v) is 6.51. The van der Waals surface area contributed by atoms with Gasteiger partial charge in [0.05, 0.1) is 12.0 Å². The number of unbranched alkanes of at least 4 members (excludes halogenated alkanes) is 5. The van der Waals surface area contributed by atoms with Gasteiger partial charge in [0.25, 0.3) is 11.8 Å². The van der Waals surface area contributed by atoms with E-state index < -0.39 is 29.8 Å². The summed E-state index contributed by atoms with van der Waals surface area (Å²) in [4.78, 5) is 40.6. The van der Waals surface area contributed by atoms with Gasteiger partial charge in [0.2, 0.25) is 0 Å². The Kier molecular flexibility index (Phi) is 9.60. The molecule has 2 atom stereocenters. The Hall–Kier alpha value is -1.43. The Morgan fingerprint density at radius 1 is 1.00 bits per heavy atom. The van der Waals surface area contributed by atoms with Gasteiger partial charge >= 0.3 is 5.97 Å². The van der Waals surface area contributed by atoms with Crippen molar-refractivity contribution in [1.29, 1.82) is 0 Å². The molecule has 0 bridgehead atoms. The highest BCUT2D eigenvalue weighted by atomic mass is 16.7. The molecule has 1 saturated heterocycles. The first-order valence-electron chi connectivity index (χ1n) is 9.26. The van der Waals surface area contributed by atoms with Gasteiger partial charge in [-0.3, -0.25) is 9.59 Å². The van der Waals surface area contributed by atoms with E-state index in [4.69, 9.17) is 4.84 Å². The highest BCUT2D eigenvalue weighted by Crippen LogP contribution is 2.22. The fourth-order valence-corrected chi connectivity index (χ4v) is 2.88. The van der Waals surface area contributed by atoms with E-state index >= 15 is 0 Å². The summed E-state index contributed by atoms with van der Waals surface area (Å²) in [5, 5.41) is 11.0. The fourth-order valence-electron chi connectivity index (χ4n) is 2.88. The molecule has 2 amide bonds. The quantitative estimate of drug-likeness (QED) is 0.435. The monoisotopic (exact) mass is 341 g/mol. The van der Waals surface area contributed by atoms with E-state index in [1.54, 1.807) is 0 Å². The van der Waals surface area contributed by atoms with Gasteiger partial charge < -0.3 is 9.94 Å². The van der Waals surface area contributed by atoms with Crippen molar-refractivity contribution < 1.29 is 24.3 Å². The number of aliphatic hydroxyl groups excluding tert-OH is 1. The van der Waals surface area contributed by atoms with E-state index in [9.17, 15) is 19.5 Å². The Labute approximate surface area is 144 Å². The van der Waals surface area contributed by atoms with Crippen molar-refractivity contribution in [2.24, 2.45) is 5.92 Å². The van der Waals surface area contributed by atoms with Crippen LogP contribution in [0.5, 0.6) is 0 Å². The first-order valence-corrected chi connectivity index (χ1v) is 9.26. The third-order valence-electron chi connectivity index (χ3n) is 4.43. The molecule has 1 N–H and O–H groups in total. The predicted molar refractivity (Wildman–Crippen MR) is 89.6 cm³/mol. The van der Waals surface area contributed by atoms with Crippen molar-refractivity contribution in [2.45, 2.75) is 90.6 Å². The Balaban J connectivity index is 2.59. The Morgan fingerprint density at radius 2 is 1.54 bits per heavy atom. The largest absolute Gasteiger partial charge is 0.392 e. The molecular weight excluding hydrogens is 310 g/mol. The topological polar surface area (TPSA) is 83.9 Å². The standard InChI is InChI=1S/C18H31NO5/c1-3-5-7-9-11-15(20)14(10-8-6-4-2)18(23)24-19-16(21)12-13-17(19)22/h14-15,20H,3-13H2,1-2H3. The zero-order valence-corrected chi connectivity index (χ0v) is 15.0. The molecule has 1 fully saturated rings. The minimum atomic E-state index is -0.793. The maximum Gasteiger partial charge on any atom is 0.338 e. The smallest absolute Gasteiger partial charge is 0.338 e. The molecule has 2 unspecified atom stereocenters. The molecule has 138 valence electrons. The average molecular weight is 341 g/mol. The molecule has 0 spiro atoms. The lowest BCUT2D eigenvalue weighted by Gasteiger charge is -2.23. The lowest BCUT2D eigenvalue weighted by atomic mass is 9.92. The van der Waals surface area contributed by atoms with Gasteiger partial charge in [0.15, 0.2) is 0 Å². The number of imide groups is 1. The van der Waals surface area contributed by atoms with Gasteiger partial charge in [-0.1, -0.05) is 58.8 Å². The molecule has 1 aliphatic rings.